The molecule has 0 fully saturated rings. The summed E-state index contributed by atoms with van der Waals surface area (Å²) < 4.78 is 5.47. The third-order valence-electron chi connectivity index (χ3n) is 2.07. The quantitative estimate of drug-likeness (QED) is 0.839. The summed E-state index contributed by atoms with van der Waals surface area (Å²) >= 11 is 3.33. The normalized spacial score (nSPS) is 9.72. The molecule has 0 aromatic heterocycles. The van der Waals surface area contributed by atoms with Crippen LogP contribution >= 0.6 is 15.9 Å². The van der Waals surface area contributed by atoms with Crippen molar-refractivity contribution in [2.24, 2.45) is 0 Å². The molecule has 0 radical (unpaired) electrons. The van der Waals surface area contributed by atoms with Crippen molar-refractivity contribution in [2.45, 2.75) is 13.8 Å². The van der Waals surface area contributed by atoms with E-state index < -0.39 is 12.0 Å². The molecule has 98 valence electrons. The lowest BCUT2D eigenvalue weighted by molar-refractivity contribution is -0.141. The molecule has 0 aliphatic carbocycles. The first-order valence-corrected chi connectivity index (χ1v) is 6.29. The van der Waals surface area contributed by atoms with Crippen LogP contribution in [0, 0.1) is 6.92 Å². The van der Waals surface area contributed by atoms with Crippen molar-refractivity contribution in [3.63, 3.8) is 0 Å². The number of nitrogens with one attached hydrogen (secondary N) is 2. The third-order valence-corrected chi connectivity index (χ3v) is 2.76. The van der Waals surface area contributed by atoms with Gasteiger partial charge in [-0.2, -0.15) is 0 Å². The molecule has 0 aliphatic heterocycles. The summed E-state index contributed by atoms with van der Waals surface area (Å²) in [6.45, 7) is 3.78. The molecule has 5 nitrogen and oxygen atoms in total. The van der Waals surface area contributed by atoms with Gasteiger partial charge in [0.25, 0.3) is 0 Å². The Hall–Kier alpha value is -1.56. The fourth-order valence-corrected chi connectivity index (χ4v) is 1.61. The number of benzene rings is 1. The van der Waals surface area contributed by atoms with Gasteiger partial charge in [-0.25, -0.2) is 4.79 Å². The summed E-state index contributed by atoms with van der Waals surface area (Å²) in [4.78, 5) is 22.6. The number of amides is 2. The molecule has 2 N–H and O–H groups in total. The molecule has 0 saturated heterocycles. The number of aryl methyl sites for hydroxylation is 1. The molecule has 0 aliphatic rings. The Morgan fingerprint density at radius 3 is 2.78 bits per heavy atom. The molecule has 0 saturated carbocycles. The first-order valence-electron chi connectivity index (χ1n) is 5.49. The Labute approximate surface area is 114 Å². The summed E-state index contributed by atoms with van der Waals surface area (Å²) in [6, 6.07) is 5.14. The summed E-state index contributed by atoms with van der Waals surface area (Å²) in [6.07, 6.45) is 0. The Kier molecular flexibility index (Phi) is 5.64. The molecular formula is C12H15BrN2O3. The van der Waals surface area contributed by atoms with Gasteiger partial charge in [-0.3, -0.25) is 4.79 Å². The van der Waals surface area contributed by atoms with Gasteiger partial charge < -0.3 is 15.4 Å². The predicted octanol–water partition coefficient (Wildman–Crippen LogP) is 2.44. The van der Waals surface area contributed by atoms with E-state index in [4.69, 9.17) is 4.74 Å². The first kappa shape index (κ1) is 14.5. The van der Waals surface area contributed by atoms with Gasteiger partial charge in [0.1, 0.15) is 6.54 Å². The molecule has 6 heteroatoms. The molecule has 1 aromatic rings. The van der Waals surface area contributed by atoms with E-state index in [0.29, 0.717) is 12.3 Å². The second kappa shape index (κ2) is 7.00. The third kappa shape index (κ3) is 4.75. The Bertz CT molecular complexity index is 449. The first-order chi connectivity index (χ1) is 8.52. The summed E-state index contributed by atoms with van der Waals surface area (Å²) in [5.74, 6) is -0.462. The molecule has 0 unspecified atom stereocenters. The number of carbonyl (C=O) groups excluding carboxylic acids is 2. The van der Waals surface area contributed by atoms with Crippen LogP contribution in [0.4, 0.5) is 10.5 Å². The minimum absolute atomic E-state index is 0.150. The molecule has 0 atom stereocenters. The fourth-order valence-electron chi connectivity index (χ4n) is 1.27. The fraction of sp³-hybridized carbons (Fsp3) is 0.333. The SMILES string of the molecule is CCOC(=O)CNC(=O)Nc1cc(C)ccc1Br. The maximum absolute atomic E-state index is 11.5. The van der Waals surface area contributed by atoms with E-state index >= 15 is 0 Å². The van der Waals surface area contributed by atoms with E-state index in [0.717, 1.165) is 10.0 Å². The number of halogens is 1. The van der Waals surface area contributed by atoms with Crippen molar-refractivity contribution >= 4 is 33.6 Å². The average Bonchev–Trinajstić information content (AvgIpc) is 2.32. The van der Waals surface area contributed by atoms with E-state index in [-0.39, 0.29) is 6.54 Å². The van der Waals surface area contributed by atoms with Crippen molar-refractivity contribution < 1.29 is 14.3 Å². The van der Waals surface area contributed by atoms with Gasteiger partial charge in [0, 0.05) is 4.47 Å². The van der Waals surface area contributed by atoms with Crippen LogP contribution in [0.15, 0.2) is 22.7 Å². The maximum atomic E-state index is 11.5. The zero-order chi connectivity index (χ0) is 13.5. The number of hydrogen-bond donors (Lipinski definition) is 2. The molecule has 1 rings (SSSR count). The smallest absolute Gasteiger partial charge is 0.325 e. The number of ether oxygens (including phenoxy) is 1. The second-order valence-electron chi connectivity index (χ2n) is 3.60. The van der Waals surface area contributed by atoms with Crippen molar-refractivity contribution in [2.75, 3.05) is 18.5 Å². The number of carbonyl (C=O) groups is 2. The monoisotopic (exact) mass is 314 g/mol. The van der Waals surface area contributed by atoms with E-state index in [1.807, 2.05) is 25.1 Å². The van der Waals surface area contributed by atoms with Gasteiger partial charge >= 0.3 is 12.0 Å². The van der Waals surface area contributed by atoms with E-state index in [9.17, 15) is 9.59 Å². The van der Waals surface area contributed by atoms with Crippen molar-refractivity contribution in [1.29, 1.82) is 0 Å². The van der Waals surface area contributed by atoms with Crippen molar-refractivity contribution in [3.8, 4) is 0 Å². The van der Waals surface area contributed by atoms with Gasteiger partial charge in [0.05, 0.1) is 12.3 Å². The molecule has 0 bridgehead atoms. The lowest BCUT2D eigenvalue weighted by Crippen LogP contribution is -2.34. The van der Waals surface area contributed by atoms with Gasteiger partial charge in [0.15, 0.2) is 0 Å². The zero-order valence-electron chi connectivity index (χ0n) is 10.2. The standard InChI is InChI=1S/C12H15BrN2O3/c1-3-18-11(16)7-14-12(17)15-10-6-8(2)4-5-9(10)13/h4-6H,3,7H2,1-2H3,(H2,14,15,17). The van der Waals surface area contributed by atoms with E-state index in [2.05, 4.69) is 26.6 Å². The number of urea groups is 1. The molecule has 0 heterocycles. The highest BCUT2D eigenvalue weighted by molar-refractivity contribution is 9.10. The van der Waals surface area contributed by atoms with Gasteiger partial charge in [-0.1, -0.05) is 6.07 Å². The van der Waals surface area contributed by atoms with Gasteiger partial charge in [0.2, 0.25) is 0 Å². The Balaban J connectivity index is 2.49. The zero-order valence-corrected chi connectivity index (χ0v) is 11.8. The maximum Gasteiger partial charge on any atom is 0.325 e. The highest BCUT2D eigenvalue weighted by atomic mass is 79.9. The lowest BCUT2D eigenvalue weighted by atomic mass is 10.2. The highest BCUT2D eigenvalue weighted by Gasteiger charge is 2.07. The molecule has 2 amide bonds. The van der Waals surface area contributed by atoms with Crippen molar-refractivity contribution in [3.05, 3.63) is 28.2 Å². The van der Waals surface area contributed by atoms with E-state index in [1.165, 1.54) is 0 Å². The molecule has 1 aromatic carbocycles. The van der Waals surface area contributed by atoms with Crippen molar-refractivity contribution in [1.82, 2.24) is 5.32 Å². The minimum Gasteiger partial charge on any atom is -0.465 e. The average molecular weight is 315 g/mol. The lowest BCUT2D eigenvalue weighted by Gasteiger charge is -2.09. The molecule has 0 spiro atoms. The Morgan fingerprint density at radius 2 is 2.11 bits per heavy atom. The van der Waals surface area contributed by atoms with Crippen LogP contribution in [0.25, 0.3) is 0 Å². The van der Waals surface area contributed by atoms with Gasteiger partial charge in [-0.05, 0) is 47.5 Å². The van der Waals surface area contributed by atoms with Crippen LogP contribution in [0.5, 0.6) is 0 Å². The summed E-state index contributed by atoms with van der Waals surface area (Å²) in [5, 5.41) is 5.06. The van der Waals surface area contributed by atoms with E-state index in [1.54, 1.807) is 6.92 Å². The predicted molar refractivity (Wildman–Crippen MR) is 72.5 cm³/mol. The van der Waals surface area contributed by atoms with Crippen LogP contribution in [0.1, 0.15) is 12.5 Å². The number of anilines is 1. The molecular weight excluding hydrogens is 300 g/mol. The number of hydrogen-bond acceptors (Lipinski definition) is 3. The largest absolute Gasteiger partial charge is 0.465 e. The second-order valence-corrected chi connectivity index (χ2v) is 4.45. The number of rotatable bonds is 4. The number of esters is 1. The minimum atomic E-state index is -0.462. The summed E-state index contributed by atoms with van der Waals surface area (Å²) in [7, 11) is 0. The van der Waals surface area contributed by atoms with Gasteiger partial charge in [-0.15, -0.1) is 0 Å². The van der Waals surface area contributed by atoms with Crippen LogP contribution in [0.2, 0.25) is 0 Å². The van der Waals surface area contributed by atoms with Crippen LogP contribution in [-0.2, 0) is 9.53 Å². The molecule has 18 heavy (non-hydrogen) atoms. The topological polar surface area (TPSA) is 67.4 Å². The highest BCUT2D eigenvalue weighted by Crippen LogP contribution is 2.22. The van der Waals surface area contributed by atoms with Crippen LogP contribution in [-0.4, -0.2) is 25.2 Å². The van der Waals surface area contributed by atoms with Crippen LogP contribution in [0.3, 0.4) is 0 Å². The summed E-state index contributed by atoms with van der Waals surface area (Å²) in [5.41, 5.74) is 1.68. The Morgan fingerprint density at radius 1 is 1.39 bits per heavy atom. The van der Waals surface area contributed by atoms with Crippen LogP contribution < -0.4 is 10.6 Å².